The summed E-state index contributed by atoms with van der Waals surface area (Å²) in [5.41, 5.74) is 6.72. The van der Waals surface area contributed by atoms with E-state index < -0.39 is 0 Å². The van der Waals surface area contributed by atoms with Crippen LogP contribution < -0.4 is 11.1 Å². The Kier molecular flexibility index (Phi) is 4.32. The van der Waals surface area contributed by atoms with Crippen LogP contribution in [0.4, 0.5) is 5.69 Å². The summed E-state index contributed by atoms with van der Waals surface area (Å²) in [6.07, 6.45) is 0. The maximum Gasteiger partial charge on any atom is 0.251 e. The van der Waals surface area contributed by atoms with Crippen LogP contribution in [0.2, 0.25) is 0 Å². The Morgan fingerprint density at radius 2 is 2.38 bits per heavy atom. The number of hydrogen-bond acceptors (Lipinski definition) is 3. The SMILES string of the molecule is CC(C#N)CNC(=O)c1ccc(N)c(Br)c1. The van der Waals surface area contributed by atoms with Gasteiger partial charge in [0.15, 0.2) is 0 Å². The number of nitrogens with two attached hydrogens (primary N) is 1. The standard InChI is InChI=1S/C11H12BrN3O/c1-7(5-13)6-15-11(16)8-2-3-10(14)9(12)4-8/h2-4,7H,6,14H2,1H3,(H,15,16). The van der Waals surface area contributed by atoms with Crippen LogP contribution in [0.3, 0.4) is 0 Å². The van der Waals surface area contributed by atoms with Crippen LogP contribution >= 0.6 is 15.9 Å². The lowest BCUT2D eigenvalue weighted by Gasteiger charge is -2.07. The maximum absolute atomic E-state index is 11.6. The quantitative estimate of drug-likeness (QED) is 0.831. The predicted molar refractivity (Wildman–Crippen MR) is 65.7 cm³/mol. The summed E-state index contributed by atoms with van der Waals surface area (Å²) in [5.74, 6) is -0.399. The van der Waals surface area contributed by atoms with Crippen molar-refractivity contribution in [3.63, 3.8) is 0 Å². The number of anilines is 1. The number of nitriles is 1. The summed E-state index contributed by atoms with van der Waals surface area (Å²) in [7, 11) is 0. The Balaban J connectivity index is 2.67. The maximum atomic E-state index is 11.6. The Morgan fingerprint density at radius 3 is 2.94 bits per heavy atom. The third-order valence-corrected chi connectivity index (χ3v) is 2.74. The number of amides is 1. The molecular weight excluding hydrogens is 270 g/mol. The molecule has 0 radical (unpaired) electrons. The molecule has 1 amide bonds. The molecule has 0 aliphatic carbocycles. The van der Waals surface area contributed by atoms with Gasteiger partial charge in [0.1, 0.15) is 0 Å². The molecule has 1 rings (SSSR count). The lowest BCUT2D eigenvalue weighted by Crippen LogP contribution is -2.27. The molecule has 0 bridgehead atoms. The zero-order valence-corrected chi connectivity index (χ0v) is 10.4. The predicted octanol–water partition coefficient (Wildman–Crippen LogP) is 1.92. The molecule has 5 heteroatoms. The Labute approximate surface area is 103 Å². The highest BCUT2D eigenvalue weighted by Crippen LogP contribution is 2.20. The molecule has 0 saturated carbocycles. The number of carbonyl (C=O) groups is 1. The number of carbonyl (C=O) groups excluding carboxylic acids is 1. The third kappa shape index (κ3) is 3.24. The first-order chi connectivity index (χ1) is 7.54. The van der Waals surface area contributed by atoms with E-state index in [2.05, 4.69) is 21.2 Å². The second kappa shape index (κ2) is 5.52. The topological polar surface area (TPSA) is 78.9 Å². The van der Waals surface area contributed by atoms with Gasteiger partial charge in [0.05, 0.1) is 12.0 Å². The van der Waals surface area contributed by atoms with Crippen LogP contribution in [0.1, 0.15) is 17.3 Å². The average Bonchev–Trinajstić information content (AvgIpc) is 2.29. The Hall–Kier alpha value is -1.54. The van der Waals surface area contributed by atoms with E-state index >= 15 is 0 Å². The van der Waals surface area contributed by atoms with Crippen molar-refractivity contribution in [2.24, 2.45) is 5.92 Å². The smallest absolute Gasteiger partial charge is 0.251 e. The van der Waals surface area contributed by atoms with Crippen molar-refractivity contribution in [3.05, 3.63) is 28.2 Å². The highest BCUT2D eigenvalue weighted by molar-refractivity contribution is 9.10. The second-order valence-electron chi connectivity index (χ2n) is 3.48. The first-order valence-electron chi connectivity index (χ1n) is 4.77. The molecule has 16 heavy (non-hydrogen) atoms. The van der Waals surface area contributed by atoms with Crippen molar-refractivity contribution in [2.45, 2.75) is 6.92 Å². The summed E-state index contributed by atoms with van der Waals surface area (Å²) in [4.78, 5) is 11.6. The average molecular weight is 282 g/mol. The normalized spacial score (nSPS) is 11.6. The number of nitrogens with zero attached hydrogens (tertiary/aromatic N) is 1. The molecule has 0 aliphatic heterocycles. The van der Waals surface area contributed by atoms with Crippen molar-refractivity contribution in [1.82, 2.24) is 5.32 Å². The fourth-order valence-corrected chi connectivity index (χ4v) is 1.44. The summed E-state index contributed by atoms with van der Waals surface area (Å²) in [6, 6.07) is 7.01. The fourth-order valence-electron chi connectivity index (χ4n) is 1.06. The molecule has 4 nitrogen and oxygen atoms in total. The summed E-state index contributed by atoms with van der Waals surface area (Å²) >= 11 is 3.25. The first kappa shape index (κ1) is 12.5. The van der Waals surface area contributed by atoms with Crippen LogP contribution in [-0.2, 0) is 0 Å². The zero-order chi connectivity index (χ0) is 12.1. The number of benzene rings is 1. The molecule has 0 spiro atoms. The molecule has 1 atom stereocenters. The van der Waals surface area contributed by atoms with Gasteiger partial charge < -0.3 is 11.1 Å². The molecule has 0 aromatic heterocycles. The van der Waals surface area contributed by atoms with E-state index in [1.807, 2.05) is 6.07 Å². The van der Waals surface area contributed by atoms with Crippen molar-refractivity contribution in [2.75, 3.05) is 12.3 Å². The Morgan fingerprint density at radius 1 is 1.69 bits per heavy atom. The largest absolute Gasteiger partial charge is 0.398 e. The summed E-state index contributed by atoms with van der Waals surface area (Å²) < 4.78 is 0.688. The van der Waals surface area contributed by atoms with Gasteiger partial charge in [-0.25, -0.2) is 0 Å². The van der Waals surface area contributed by atoms with Crippen LogP contribution in [0.5, 0.6) is 0 Å². The van der Waals surface area contributed by atoms with Crippen molar-refractivity contribution in [3.8, 4) is 6.07 Å². The van der Waals surface area contributed by atoms with Crippen LogP contribution in [0.25, 0.3) is 0 Å². The van der Waals surface area contributed by atoms with Crippen molar-refractivity contribution < 1.29 is 4.79 Å². The summed E-state index contributed by atoms with van der Waals surface area (Å²) in [5, 5.41) is 11.2. The summed E-state index contributed by atoms with van der Waals surface area (Å²) in [6.45, 7) is 2.09. The van der Waals surface area contributed by atoms with Gasteiger partial charge in [0.2, 0.25) is 0 Å². The molecule has 0 saturated heterocycles. The monoisotopic (exact) mass is 281 g/mol. The van der Waals surface area contributed by atoms with E-state index in [1.54, 1.807) is 25.1 Å². The minimum absolute atomic E-state index is 0.193. The molecule has 0 fully saturated rings. The molecule has 1 unspecified atom stereocenters. The number of nitrogen functional groups attached to an aromatic ring is 1. The zero-order valence-electron chi connectivity index (χ0n) is 8.83. The molecule has 0 heterocycles. The van der Waals surface area contributed by atoms with Crippen molar-refractivity contribution >= 4 is 27.5 Å². The van der Waals surface area contributed by atoms with Gasteiger partial charge in [0, 0.05) is 22.3 Å². The first-order valence-corrected chi connectivity index (χ1v) is 5.56. The number of rotatable bonds is 3. The van der Waals surface area contributed by atoms with E-state index in [4.69, 9.17) is 11.0 Å². The van der Waals surface area contributed by atoms with E-state index in [9.17, 15) is 4.79 Å². The number of nitrogens with one attached hydrogen (secondary N) is 1. The second-order valence-corrected chi connectivity index (χ2v) is 4.33. The van der Waals surface area contributed by atoms with Gasteiger partial charge in [-0.1, -0.05) is 0 Å². The molecule has 1 aromatic rings. The minimum Gasteiger partial charge on any atom is -0.398 e. The van der Waals surface area contributed by atoms with E-state index in [-0.39, 0.29) is 11.8 Å². The van der Waals surface area contributed by atoms with Gasteiger partial charge >= 0.3 is 0 Å². The van der Waals surface area contributed by atoms with E-state index in [0.29, 0.717) is 22.3 Å². The van der Waals surface area contributed by atoms with Gasteiger partial charge in [-0.05, 0) is 41.1 Å². The van der Waals surface area contributed by atoms with E-state index in [0.717, 1.165) is 0 Å². The van der Waals surface area contributed by atoms with Crippen LogP contribution in [0.15, 0.2) is 22.7 Å². The molecular formula is C11H12BrN3O. The van der Waals surface area contributed by atoms with Crippen LogP contribution in [-0.4, -0.2) is 12.5 Å². The number of hydrogen-bond donors (Lipinski definition) is 2. The number of halogens is 1. The molecule has 0 aliphatic rings. The highest BCUT2D eigenvalue weighted by atomic mass is 79.9. The minimum atomic E-state index is -0.206. The van der Waals surface area contributed by atoms with Crippen LogP contribution in [0, 0.1) is 17.2 Å². The van der Waals surface area contributed by atoms with Gasteiger partial charge in [0.25, 0.3) is 5.91 Å². The third-order valence-electron chi connectivity index (χ3n) is 2.05. The van der Waals surface area contributed by atoms with Gasteiger partial charge in [-0.2, -0.15) is 5.26 Å². The van der Waals surface area contributed by atoms with E-state index in [1.165, 1.54) is 0 Å². The highest BCUT2D eigenvalue weighted by Gasteiger charge is 2.08. The molecule has 3 N–H and O–H groups in total. The Bertz CT molecular complexity index is 439. The van der Waals surface area contributed by atoms with Gasteiger partial charge in [-0.3, -0.25) is 4.79 Å². The lowest BCUT2D eigenvalue weighted by atomic mass is 10.1. The molecule has 1 aromatic carbocycles. The lowest BCUT2D eigenvalue weighted by molar-refractivity contribution is 0.0951. The van der Waals surface area contributed by atoms with Crippen molar-refractivity contribution in [1.29, 1.82) is 5.26 Å². The fraction of sp³-hybridized carbons (Fsp3) is 0.273. The molecule has 84 valence electrons. The van der Waals surface area contributed by atoms with Gasteiger partial charge in [-0.15, -0.1) is 0 Å².